The molecule has 17 heavy (non-hydrogen) atoms. The standard InChI is InChI=1S/C13H10N2O2/c16-13-10(7-8-14-15-13)12-6-5-9-3-1-2-4-11(9)17-12/h1-4,7-8H,5-6H2/b12-10+. The Bertz CT molecular complexity index is 571. The number of aryl methyl sites for hydroxylation is 1. The van der Waals surface area contributed by atoms with Gasteiger partial charge in [-0.1, -0.05) is 18.2 Å². The second kappa shape index (κ2) is 3.97. The lowest BCUT2D eigenvalue weighted by Crippen LogP contribution is -2.13. The fourth-order valence-corrected chi connectivity index (χ4v) is 1.96. The molecule has 0 bridgehead atoms. The van der Waals surface area contributed by atoms with Gasteiger partial charge in [-0.15, -0.1) is 5.11 Å². The highest BCUT2D eigenvalue weighted by Gasteiger charge is 2.21. The number of para-hydroxylation sites is 1. The van der Waals surface area contributed by atoms with Crippen LogP contribution in [0.4, 0.5) is 0 Å². The number of azo groups is 1. The van der Waals surface area contributed by atoms with Crippen molar-refractivity contribution in [2.75, 3.05) is 0 Å². The summed E-state index contributed by atoms with van der Waals surface area (Å²) < 4.78 is 5.75. The third-order valence-electron chi connectivity index (χ3n) is 2.81. The van der Waals surface area contributed by atoms with Gasteiger partial charge in [-0.25, -0.2) is 0 Å². The van der Waals surface area contributed by atoms with E-state index in [9.17, 15) is 4.79 Å². The van der Waals surface area contributed by atoms with Crippen molar-refractivity contribution in [2.45, 2.75) is 12.8 Å². The van der Waals surface area contributed by atoms with E-state index in [1.807, 2.05) is 24.3 Å². The number of rotatable bonds is 0. The molecule has 3 rings (SSSR count). The van der Waals surface area contributed by atoms with Crippen LogP contribution in [0.1, 0.15) is 12.0 Å². The molecule has 0 radical (unpaired) electrons. The summed E-state index contributed by atoms with van der Waals surface area (Å²) in [6.45, 7) is 0. The van der Waals surface area contributed by atoms with Gasteiger partial charge in [0, 0.05) is 6.42 Å². The van der Waals surface area contributed by atoms with Crippen molar-refractivity contribution in [3.63, 3.8) is 0 Å². The van der Waals surface area contributed by atoms with Gasteiger partial charge < -0.3 is 4.74 Å². The molecule has 4 heteroatoms. The number of nitrogens with zero attached hydrogens (tertiary/aromatic N) is 2. The summed E-state index contributed by atoms with van der Waals surface area (Å²) in [5.74, 6) is 1.18. The van der Waals surface area contributed by atoms with Crippen LogP contribution in [0.3, 0.4) is 0 Å². The molecular weight excluding hydrogens is 216 g/mol. The highest BCUT2D eigenvalue weighted by Crippen LogP contribution is 2.31. The first-order chi connectivity index (χ1) is 8.34. The molecule has 84 valence electrons. The summed E-state index contributed by atoms with van der Waals surface area (Å²) in [6, 6.07) is 7.85. The van der Waals surface area contributed by atoms with Gasteiger partial charge in [0.1, 0.15) is 11.5 Å². The Hall–Kier alpha value is -2.23. The SMILES string of the molecule is O=C1N=NC=C/C1=C1/CCc2ccccc2O1. The molecule has 0 aliphatic carbocycles. The van der Waals surface area contributed by atoms with E-state index in [1.54, 1.807) is 6.08 Å². The van der Waals surface area contributed by atoms with E-state index < -0.39 is 0 Å². The van der Waals surface area contributed by atoms with Crippen LogP contribution in [0.15, 0.2) is 58.1 Å². The Balaban J connectivity index is 1.99. The molecule has 0 fully saturated rings. The monoisotopic (exact) mass is 226 g/mol. The van der Waals surface area contributed by atoms with Crippen LogP contribution >= 0.6 is 0 Å². The molecule has 1 amide bonds. The van der Waals surface area contributed by atoms with Gasteiger partial charge in [0.25, 0.3) is 5.91 Å². The van der Waals surface area contributed by atoms with Crippen molar-refractivity contribution in [1.82, 2.24) is 0 Å². The zero-order valence-corrected chi connectivity index (χ0v) is 9.09. The van der Waals surface area contributed by atoms with Crippen LogP contribution in [0.2, 0.25) is 0 Å². The van der Waals surface area contributed by atoms with E-state index in [0.717, 1.165) is 18.6 Å². The number of amides is 1. The Morgan fingerprint density at radius 3 is 2.94 bits per heavy atom. The van der Waals surface area contributed by atoms with E-state index in [0.29, 0.717) is 11.3 Å². The van der Waals surface area contributed by atoms with Crippen LogP contribution in [-0.2, 0) is 11.2 Å². The number of hydrogen-bond donors (Lipinski definition) is 0. The highest BCUT2D eigenvalue weighted by atomic mass is 16.5. The van der Waals surface area contributed by atoms with Gasteiger partial charge >= 0.3 is 0 Å². The Labute approximate surface area is 98.3 Å². The zero-order chi connectivity index (χ0) is 11.7. The molecule has 1 aromatic rings. The quantitative estimate of drug-likeness (QED) is 0.638. The van der Waals surface area contributed by atoms with Gasteiger partial charge in [-0.05, 0) is 24.1 Å². The maximum atomic E-state index is 11.6. The van der Waals surface area contributed by atoms with E-state index in [-0.39, 0.29) is 5.91 Å². The lowest BCUT2D eigenvalue weighted by Gasteiger charge is -2.20. The van der Waals surface area contributed by atoms with Crippen molar-refractivity contribution >= 4 is 5.91 Å². The fourth-order valence-electron chi connectivity index (χ4n) is 1.96. The predicted molar refractivity (Wildman–Crippen MR) is 61.4 cm³/mol. The molecule has 0 unspecified atom stereocenters. The third kappa shape index (κ3) is 1.78. The van der Waals surface area contributed by atoms with Gasteiger partial charge in [0.15, 0.2) is 0 Å². The van der Waals surface area contributed by atoms with Gasteiger partial charge in [0.2, 0.25) is 0 Å². The molecule has 0 atom stereocenters. The largest absolute Gasteiger partial charge is 0.461 e. The van der Waals surface area contributed by atoms with Crippen LogP contribution in [-0.4, -0.2) is 5.91 Å². The van der Waals surface area contributed by atoms with Gasteiger partial charge in [0.05, 0.1) is 11.8 Å². The molecule has 2 heterocycles. The van der Waals surface area contributed by atoms with E-state index in [2.05, 4.69) is 10.2 Å². The number of hydrogen-bond acceptors (Lipinski definition) is 3. The molecule has 0 spiro atoms. The van der Waals surface area contributed by atoms with Crippen LogP contribution < -0.4 is 4.74 Å². The van der Waals surface area contributed by atoms with E-state index in [1.165, 1.54) is 11.8 Å². The number of carbonyl (C=O) groups excluding carboxylic acids is 1. The maximum absolute atomic E-state index is 11.6. The average Bonchev–Trinajstić information content (AvgIpc) is 2.39. The van der Waals surface area contributed by atoms with Crippen molar-refractivity contribution < 1.29 is 9.53 Å². The van der Waals surface area contributed by atoms with Crippen LogP contribution in [0.5, 0.6) is 5.75 Å². The predicted octanol–water partition coefficient (Wildman–Crippen LogP) is 2.77. The summed E-state index contributed by atoms with van der Waals surface area (Å²) >= 11 is 0. The van der Waals surface area contributed by atoms with Crippen LogP contribution in [0, 0.1) is 0 Å². The Morgan fingerprint density at radius 1 is 1.18 bits per heavy atom. The number of benzene rings is 1. The average molecular weight is 226 g/mol. The van der Waals surface area contributed by atoms with Crippen molar-refractivity contribution in [3.8, 4) is 5.75 Å². The second-order valence-electron chi connectivity index (χ2n) is 3.88. The normalized spacial score (nSPS) is 22.2. The number of fused-ring (bicyclic) bond motifs is 1. The summed E-state index contributed by atoms with van der Waals surface area (Å²) in [7, 11) is 0. The number of allylic oxidation sites excluding steroid dienone is 1. The lowest BCUT2D eigenvalue weighted by molar-refractivity contribution is -0.114. The molecule has 0 saturated heterocycles. The minimum Gasteiger partial charge on any atom is -0.461 e. The molecular formula is C13H10N2O2. The third-order valence-corrected chi connectivity index (χ3v) is 2.81. The minimum atomic E-state index is -0.332. The van der Waals surface area contributed by atoms with Gasteiger partial charge in [-0.3, -0.25) is 4.79 Å². The minimum absolute atomic E-state index is 0.332. The molecule has 2 aliphatic rings. The van der Waals surface area contributed by atoms with Crippen molar-refractivity contribution in [2.24, 2.45) is 10.2 Å². The second-order valence-corrected chi connectivity index (χ2v) is 3.88. The Morgan fingerprint density at radius 2 is 2.06 bits per heavy atom. The summed E-state index contributed by atoms with van der Waals surface area (Å²) in [4.78, 5) is 11.6. The van der Waals surface area contributed by atoms with Crippen molar-refractivity contribution in [3.05, 3.63) is 53.4 Å². The summed E-state index contributed by atoms with van der Waals surface area (Å²) in [6.07, 6.45) is 4.76. The first kappa shape index (κ1) is 9.96. The van der Waals surface area contributed by atoms with Crippen molar-refractivity contribution in [1.29, 1.82) is 0 Å². The number of ether oxygens (including phenoxy) is 1. The zero-order valence-electron chi connectivity index (χ0n) is 9.09. The first-order valence-corrected chi connectivity index (χ1v) is 5.45. The summed E-state index contributed by atoms with van der Waals surface area (Å²) in [5.41, 5.74) is 1.68. The highest BCUT2D eigenvalue weighted by molar-refractivity contribution is 5.97. The summed E-state index contributed by atoms with van der Waals surface area (Å²) in [5, 5.41) is 7.06. The molecule has 1 aromatic carbocycles. The number of carbonyl (C=O) groups is 1. The molecule has 2 aliphatic heterocycles. The molecule has 4 nitrogen and oxygen atoms in total. The Kier molecular flexibility index (Phi) is 2.33. The molecule has 0 aromatic heterocycles. The van der Waals surface area contributed by atoms with E-state index >= 15 is 0 Å². The first-order valence-electron chi connectivity index (χ1n) is 5.45. The lowest BCUT2D eigenvalue weighted by atomic mass is 10.0. The maximum Gasteiger partial charge on any atom is 0.298 e. The molecule has 0 N–H and O–H groups in total. The fraction of sp³-hybridized carbons (Fsp3) is 0.154. The van der Waals surface area contributed by atoms with E-state index in [4.69, 9.17) is 4.74 Å². The topological polar surface area (TPSA) is 51.0 Å². The van der Waals surface area contributed by atoms with Gasteiger partial charge in [-0.2, -0.15) is 5.11 Å². The smallest absolute Gasteiger partial charge is 0.298 e. The van der Waals surface area contributed by atoms with Crippen LogP contribution in [0.25, 0.3) is 0 Å². The molecule has 0 saturated carbocycles.